The molecule has 0 aliphatic heterocycles. The summed E-state index contributed by atoms with van der Waals surface area (Å²) in [4.78, 5) is 12.2. The maximum atomic E-state index is 12.6. The van der Waals surface area contributed by atoms with Gasteiger partial charge in [0.1, 0.15) is 0 Å². The standard InChI is InChI=1S/C19H22Br2N2O/c20-17(9-13-3-1-5-15(7-13)11-22)19(24)18(21)10-14-4-2-6-16(8-14)12-23/h1-8,17-18H,9-12,22-23H2. The first-order valence-electron chi connectivity index (χ1n) is 7.91. The topological polar surface area (TPSA) is 69.1 Å². The molecular formula is C19H22Br2N2O. The highest BCUT2D eigenvalue weighted by atomic mass is 79.9. The molecule has 0 radical (unpaired) electrons. The highest BCUT2D eigenvalue weighted by molar-refractivity contribution is 9.10. The second-order valence-electron chi connectivity index (χ2n) is 5.79. The number of ketones is 1. The Balaban J connectivity index is 1.98. The van der Waals surface area contributed by atoms with Crippen LogP contribution in [0.4, 0.5) is 0 Å². The van der Waals surface area contributed by atoms with E-state index in [0.717, 1.165) is 22.3 Å². The van der Waals surface area contributed by atoms with Crippen molar-refractivity contribution in [3.05, 3.63) is 70.8 Å². The van der Waals surface area contributed by atoms with Crippen LogP contribution in [0.15, 0.2) is 48.5 Å². The van der Waals surface area contributed by atoms with Crippen molar-refractivity contribution in [2.24, 2.45) is 11.5 Å². The van der Waals surface area contributed by atoms with Crippen molar-refractivity contribution in [1.82, 2.24) is 0 Å². The van der Waals surface area contributed by atoms with Gasteiger partial charge in [0.15, 0.2) is 5.78 Å². The van der Waals surface area contributed by atoms with E-state index in [4.69, 9.17) is 11.5 Å². The maximum Gasteiger partial charge on any atom is 0.160 e. The molecule has 2 aromatic carbocycles. The summed E-state index contributed by atoms with van der Waals surface area (Å²) >= 11 is 7.08. The molecule has 2 unspecified atom stereocenters. The molecule has 24 heavy (non-hydrogen) atoms. The van der Waals surface area contributed by atoms with E-state index in [9.17, 15) is 4.79 Å². The number of Topliss-reactive ketones (excluding diaryl/α,β-unsaturated/α-hetero) is 1. The monoisotopic (exact) mass is 452 g/mol. The molecule has 0 spiro atoms. The van der Waals surface area contributed by atoms with Crippen molar-refractivity contribution >= 4 is 37.6 Å². The van der Waals surface area contributed by atoms with Crippen LogP contribution < -0.4 is 11.5 Å². The summed E-state index contributed by atoms with van der Waals surface area (Å²) in [5.41, 5.74) is 15.7. The van der Waals surface area contributed by atoms with Crippen molar-refractivity contribution in [3.63, 3.8) is 0 Å². The van der Waals surface area contributed by atoms with Gasteiger partial charge in [0, 0.05) is 13.1 Å². The first kappa shape index (κ1) is 19.3. The third-order valence-electron chi connectivity index (χ3n) is 3.90. The second kappa shape index (κ2) is 9.47. The first-order chi connectivity index (χ1) is 11.5. The summed E-state index contributed by atoms with van der Waals surface area (Å²) in [6, 6.07) is 16.1. The van der Waals surface area contributed by atoms with Gasteiger partial charge in [-0.25, -0.2) is 0 Å². The van der Waals surface area contributed by atoms with E-state index < -0.39 is 0 Å². The van der Waals surface area contributed by atoms with Crippen LogP contribution in [-0.2, 0) is 30.7 Å². The van der Waals surface area contributed by atoms with Crippen molar-refractivity contribution in [3.8, 4) is 0 Å². The van der Waals surface area contributed by atoms with Gasteiger partial charge in [0.25, 0.3) is 0 Å². The van der Waals surface area contributed by atoms with Crippen LogP contribution in [0.1, 0.15) is 22.3 Å². The number of hydrogen-bond acceptors (Lipinski definition) is 3. The molecule has 4 N–H and O–H groups in total. The van der Waals surface area contributed by atoms with Gasteiger partial charge in [0.05, 0.1) is 9.65 Å². The van der Waals surface area contributed by atoms with E-state index in [2.05, 4.69) is 44.0 Å². The predicted molar refractivity (Wildman–Crippen MR) is 107 cm³/mol. The van der Waals surface area contributed by atoms with Crippen LogP contribution in [-0.4, -0.2) is 15.4 Å². The van der Waals surface area contributed by atoms with Gasteiger partial charge in [-0.1, -0.05) is 80.4 Å². The van der Waals surface area contributed by atoms with Gasteiger partial charge in [-0.05, 0) is 35.1 Å². The van der Waals surface area contributed by atoms with Crippen molar-refractivity contribution in [2.45, 2.75) is 35.6 Å². The van der Waals surface area contributed by atoms with E-state index >= 15 is 0 Å². The number of carbonyl (C=O) groups excluding carboxylic acids is 1. The number of carbonyl (C=O) groups is 1. The van der Waals surface area contributed by atoms with Crippen LogP contribution >= 0.6 is 31.9 Å². The molecule has 0 aromatic heterocycles. The van der Waals surface area contributed by atoms with Crippen molar-refractivity contribution in [2.75, 3.05) is 0 Å². The lowest BCUT2D eigenvalue weighted by Gasteiger charge is -2.15. The summed E-state index contributed by atoms with van der Waals surface area (Å²) < 4.78 is 0. The molecule has 2 atom stereocenters. The highest BCUT2D eigenvalue weighted by Crippen LogP contribution is 2.20. The lowest BCUT2D eigenvalue weighted by molar-refractivity contribution is -0.117. The quantitative estimate of drug-likeness (QED) is 0.601. The molecule has 0 bridgehead atoms. The molecule has 0 aliphatic carbocycles. The fourth-order valence-corrected chi connectivity index (χ4v) is 4.32. The molecule has 2 rings (SSSR count). The van der Waals surface area contributed by atoms with Gasteiger partial charge in [-0.3, -0.25) is 4.79 Å². The molecule has 0 amide bonds. The summed E-state index contributed by atoms with van der Waals surface area (Å²) in [6.45, 7) is 1.01. The van der Waals surface area contributed by atoms with Crippen LogP contribution in [0.3, 0.4) is 0 Å². The van der Waals surface area contributed by atoms with Gasteiger partial charge in [0.2, 0.25) is 0 Å². The average molecular weight is 454 g/mol. The van der Waals surface area contributed by atoms with Gasteiger partial charge in [-0.2, -0.15) is 0 Å². The third kappa shape index (κ3) is 5.52. The fourth-order valence-electron chi connectivity index (χ4n) is 2.58. The summed E-state index contributed by atoms with van der Waals surface area (Å²) in [5.74, 6) is 0.145. The Bertz CT molecular complexity index is 633. The lowest BCUT2D eigenvalue weighted by Crippen LogP contribution is -2.27. The van der Waals surface area contributed by atoms with Crippen molar-refractivity contribution in [1.29, 1.82) is 0 Å². The number of halogens is 2. The first-order valence-corrected chi connectivity index (χ1v) is 9.74. The molecule has 0 saturated carbocycles. The summed E-state index contributed by atoms with van der Waals surface area (Å²) in [5, 5.41) is 0. The summed E-state index contributed by atoms with van der Waals surface area (Å²) in [6.07, 6.45) is 1.30. The molecule has 3 nitrogen and oxygen atoms in total. The maximum absolute atomic E-state index is 12.6. The molecule has 2 aromatic rings. The Morgan fingerprint density at radius 2 is 1.17 bits per heavy atom. The second-order valence-corrected chi connectivity index (χ2v) is 8.00. The normalized spacial score (nSPS) is 13.5. The molecular weight excluding hydrogens is 432 g/mol. The van der Waals surface area contributed by atoms with E-state index in [1.165, 1.54) is 0 Å². The van der Waals surface area contributed by atoms with Gasteiger partial charge < -0.3 is 11.5 Å². The Morgan fingerprint density at radius 3 is 1.54 bits per heavy atom. The minimum Gasteiger partial charge on any atom is -0.326 e. The molecule has 5 heteroatoms. The molecule has 0 saturated heterocycles. The number of alkyl halides is 2. The lowest BCUT2D eigenvalue weighted by atomic mass is 10.00. The molecule has 0 aliphatic rings. The zero-order chi connectivity index (χ0) is 17.5. The van der Waals surface area contributed by atoms with Crippen molar-refractivity contribution < 1.29 is 4.79 Å². The van der Waals surface area contributed by atoms with E-state index in [1.807, 2.05) is 36.4 Å². The zero-order valence-corrected chi connectivity index (χ0v) is 16.6. The third-order valence-corrected chi connectivity index (χ3v) is 5.45. The van der Waals surface area contributed by atoms with Crippen LogP contribution in [0.2, 0.25) is 0 Å². The smallest absolute Gasteiger partial charge is 0.160 e. The van der Waals surface area contributed by atoms with Crippen LogP contribution in [0.25, 0.3) is 0 Å². The SMILES string of the molecule is NCc1cccc(CC(Br)C(=O)C(Br)Cc2cccc(CN)c2)c1. The highest BCUT2D eigenvalue weighted by Gasteiger charge is 2.23. The Hall–Kier alpha value is -1.01. The number of nitrogens with two attached hydrogens (primary N) is 2. The largest absolute Gasteiger partial charge is 0.326 e. The Kier molecular flexibility index (Phi) is 7.62. The number of benzene rings is 2. The van der Waals surface area contributed by atoms with Crippen LogP contribution in [0, 0.1) is 0 Å². The predicted octanol–water partition coefficient (Wildman–Crippen LogP) is 3.49. The van der Waals surface area contributed by atoms with E-state index in [1.54, 1.807) is 0 Å². The summed E-state index contributed by atoms with van der Waals surface area (Å²) in [7, 11) is 0. The average Bonchev–Trinajstić information content (AvgIpc) is 2.61. The van der Waals surface area contributed by atoms with Gasteiger partial charge >= 0.3 is 0 Å². The van der Waals surface area contributed by atoms with Crippen LogP contribution in [0.5, 0.6) is 0 Å². The minimum absolute atomic E-state index is 0.145. The van der Waals surface area contributed by atoms with E-state index in [-0.39, 0.29) is 15.4 Å². The molecule has 0 fully saturated rings. The minimum atomic E-state index is -0.229. The molecule has 128 valence electrons. The Morgan fingerprint density at radius 1 is 0.792 bits per heavy atom. The zero-order valence-electron chi connectivity index (χ0n) is 13.4. The number of hydrogen-bond donors (Lipinski definition) is 2. The number of rotatable bonds is 8. The Labute approximate surface area is 160 Å². The molecule has 0 heterocycles. The fraction of sp³-hybridized carbons (Fsp3) is 0.316. The van der Waals surface area contributed by atoms with E-state index in [0.29, 0.717) is 25.9 Å². The van der Waals surface area contributed by atoms with Gasteiger partial charge in [-0.15, -0.1) is 0 Å².